The molecule has 6 nitrogen and oxygen atoms in total. The molecule has 0 atom stereocenters. The Morgan fingerprint density at radius 1 is 1.56 bits per heavy atom. The number of carbonyl (C=O) groups is 1. The number of hydrogen-bond acceptors (Lipinski definition) is 3. The van der Waals surface area contributed by atoms with Crippen LogP contribution in [0, 0.1) is 0 Å². The third kappa shape index (κ3) is 2.10. The molecule has 1 aliphatic rings. The van der Waals surface area contributed by atoms with Crippen LogP contribution < -0.4 is 4.74 Å². The van der Waals surface area contributed by atoms with Gasteiger partial charge in [-0.25, -0.2) is 4.79 Å². The molecule has 2 rings (SSSR count). The highest BCUT2D eigenvalue weighted by atomic mass is 16.5. The summed E-state index contributed by atoms with van der Waals surface area (Å²) in [5.74, 6) is 0.598. The number of nitrogens with zero attached hydrogens (tertiary/aromatic N) is 3. The van der Waals surface area contributed by atoms with E-state index in [9.17, 15) is 4.79 Å². The van der Waals surface area contributed by atoms with E-state index in [2.05, 4.69) is 5.10 Å². The fraction of sp³-hybridized carbons (Fsp3) is 0.600. The van der Waals surface area contributed by atoms with Gasteiger partial charge in [-0.2, -0.15) is 0 Å². The lowest BCUT2D eigenvalue weighted by atomic mass is 10.1. The van der Waals surface area contributed by atoms with Crippen LogP contribution in [-0.2, 0) is 0 Å². The highest BCUT2D eigenvalue weighted by Gasteiger charge is 2.23. The van der Waals surface area contributed by atoms with Crippen molar-refractivity contribution in [3.8, 4) is 5.88 Å². The maximum atomic E-state index is 10.7. The van der Waals surface area contributed by atoms with Crippen LogP contribution >= 0.6 is 0 Å². The molecule has 2 heterocycles. The molecule has 0 unspecified atom stereocenters. The Bertz CT molecular complexity index is 369. The standard InChI is InChI=1S/C10H15N3O3/c1-16-9-4-7-13(11-9)8-2-5-12(6-3-8)10(14)15/h4,7-8H,2-3,5-6H2,1H3,(H,14,15). The molecule has 0 bridgehead atoms. The highest BCUT2D eigenvalue weighted by Crippen LogP contribution is 2.22. The zero-order chi connectivity index (χ0) is 11.5. The van der Waals surface area contributed by atoms with Crippen molar-refractivity contribution >= 4 is 6.09 Å². The smallest absolute Gasteiger partial charge is 0.407 e. The molecule has 6 heteroatoms. The second-order valence-electron chi connectivity index (χ2n) is 3.84. The van der Waals surface area contributed by atoms with E-state index in [-0.39, 0.29) is 6.04 Å². The van der Waals surface area contributed by atoms with Crippen LogP contribution in [0.4, 0.5) is 4.79 Å². The van der Waals surface area contributed by atoms with Crippen molar-refractivity contribution < 1.29 is 14.6 Å². The Morgan fingerprint density at radius 2 is 2.25 bits per heavy atom. The fourth-order valence-corrected chi connectivity index (χ4v) is 1.95. The van der Waals surface area contributed by atoms with Gasteiger partial charge in [0.1, 0.15) is 0 Å². The molecule has 0 spiro atoms. The zero-order valence-corrected chi connectivity index (χ0v) is 9.17. The number of rotatable bonds is 2. The molecule has 1 aromatic rings. The van der Waals surface area contributed by atoms with Crippen molar-refractivity contribution in [1.82, 2.24) is 14.7 Å². The second kappa shape index (κ2) is 4.42. The first kappa shape index (κ1) is 10.8. The predicted octanol–water partition coefficient (Wildman–Crippen LogP) is 1.21. The average Bonchev–Trinajstić information content (AvgIpc) is 2.77. The van der Waals surface area contributed by atoms with Crippen molar-refractivity contribution in [2.24, 2.45) is 0 Å². The van der Waals surface area contributed by atoms with Gasteiger partial charge in [0.25, 0.3) is 0 Å². The zero-order valence-electron chi connectivity index (χ0n) is 9.17. The van der Waals surface area contributed by atoms with Gasteiger partial charge in [-0.1, -0.05) is 0 Å². The molecule has 0 radical (unpaired) electrons. The average molecular weight is 225 g/mol. The summed E-state index contributed by atoms with van der Waals surface area (Å²) in [7, 11) is 1.58. The van der Waals surface area contributed by atoms with E-state index in [4.69, 9.17) is 9.84 Å². The van der Waals surface area contributed by atoms with E-state index in [1.54, 1.807) is 7.11 Å². The molecule has 0 aliphatic carbocycles. The van der Waals surface area contributed by atoms with Crippen LogP contribution in [-0.4, -0.2) is 46.1 Å². The van der Waals surface area contributed by atoms with Crippen LogP contribution in [0.5, 0.6) is 5.88 Å². The minimum atomic E-state index is -0.837. The normalized spacial score (nSPS) is 17.4. The molecule has 1 amide bonds. The number of methoxy groups -OCH3 is 1. The molecule has 1 aromatic heterocycles. The molecular weight excluding hydrogens is 210 g/mol. The molecule has 16 heavy (non-hydrogen) atoms. The van der Waals surface area contributed by atoms with Crippen LogP contribution in [0.3, 0.4) is 0 Å². The number of hydrogen-bond donors (Lipinski definition) is 1. The maximum absolute atomic E-state index is 10.7. The van der Waals surface area contributed by atoms with Gasteiger partial charge in [-0.05, 0) is 12.8 Å². The maximum Gasteiger partial charge on any atom is 0.407 e. The van der Waals surface area contributed by atoms with Crippen LogP contribution in [0.25, 0.3) is 0 Å². The number of likely N-dealkylation sites (tertiary alicyclic amines) is 1. The minimum Gasteiger partial charge on any atom is -0.480 e. The van der Waals surface area contributed by atoms with Gasteiger partial charge < -0.3 is 14.7 Å². The molecular formula is C10H15N3O3. The summed E-state index contributed by atoms with van der Waals surface area (Å²) in [5, 5.41) is 13.1. The van der Waals surface area contributed by atoms with Gasteiger partial charge in [-0.15, -0.1) is 5.10 Å². The van der Waals surface area contributed by atoms with Gasteiger partial charge in [-0.3, -0.25) is 4.68 Å². The molecule has 1 aliphatic heterocycles. The first-order chi connectivity index (χ1) is 7.70. The molecule has 88 valence electrons. The van der Waals surface area contributed by atoms with Crippen molar-refractivity contribution in [1.29, 1.82) is 0 Å². The lowest BCUT2D eigenvalue weighted by Crippen LogP contribution is -2.38. The number of carboxylic acid groups (broad SMARTS) is 1. The Labute approximate surface area is 93.4 Å². The summed E-state index contributed by atoms with van der Waals surface area (Å²) < 4.78 is 6.87. The monoisotopic (exact) mass is 225 g/mol. The Balaban J connectivity index is 1.96. The number of ether oxygens (including phenoxy) is 1. The number of amides is 1. The first-order valence-corrected chi connectivity index (χ1v) is 5.27. The van der Waals surface area contributed by atoms with Gasteiger partial charge >= 0.3 is 6.09 Å². The van der Waals surface area contributed by atoms with Crippen LogP contribution in [0.15, 0.2) is 12.3 Å². The first-order valence-electron chi connectivity index (χ1n) is 5.27. The van der Waals surface area contributed by atoms with E-state index in [0.29, 0.717) is 19.0 Å². The quantitative estimate of drug-likeness (QED) is 0.821. The van der Waals surface area contributed by atoms with Crippen molar-refractivity contribution in [3.05, 3.63) is 12.3 Å². The van der Waals surface area contributed by atoms with E-state index in [1.807, 2.05) is 16.9 Å². The Kier molecular flexibility index (Phi) is 2.98. The Morgan fingerprint density at radius 3 is 2.75 bits per heavy atom. The summed E-state index contributed by atoms with van der Waals surface area (Å²) in [5.41, 5.74) is 0. The fourth-order valence-electron chi connectivity index (χ4n) is 1.95. The van der Waals surface area contributed by atoms with Crippen LogP contribution in [0.1, 0.15) is 18.9 Å². The van der Waals surface area contributed by atoms with Crippen molar-refractivity contribution in [2.75, 3.05) is 20.2 Å². The summed E-state index contributed by atoms with van der Waals surface area (Å²) in [6, 6.07) is 2.09. The topological polar surface area (TPSA) is 67.6 Å². The third-order valence-electron chi connectivity index (χ3n) is 2.90. The summed E-state index contributed by atoms with van der Waals surface area (Å²) in [4.78, 5) is 12.2. The van der Waals surface area contributed by atoms with E-state index in [1.165, 1.54) is 4.90 Å². The lowest BCUT2D eigenvalue weighted by Gasteiger charge is -2.29. The lowest BCUT2D eigenvalue weighted by molar-refractivity contribution is 0.123. The van der Waals surface area contributed by atoms with Crippen molar-refractivity contribution in [3.63, 3.8) is 0 Å². The highest BCUT2D eigenvalue weighted by molar-refractivity contribution is 5.64. The Hall–Kier alpha value is -1.72. The van der Waals surface area contributed by atoms with Crippen molar-refractivity contribution in [2.45, 2.75) is 18.9 Å². The van der Waals surface area contributed by atoms with Gasteiger partial charge in [0, 0.05) is 25.4 Å². The SMILES string of the molecule is COc1ccn(C2CCN(C(=O)O)CC2)n1. The summed E-state index contributed by atoms with van der Waals surface area (Å²) >= 11 is 0. The summed E-state index contributed by atoms with van der Waals surface area (Å²) in [6.45, 7) is 1.14. The van der Waals surface area contributed by atoms with Crippen LogP contribution in [0.2, 0.25) is 0 Å². The molecule has 1 fully saturated rings. The van der Waals surface area contributed by atoms with E-state index < -0.39 is 6.09 Å². The number of aromatic nitrogens is 2. The minimum absolute atomic E-state index is 0.277. The number of piperidine rings is 1. The largest absolute Gasteiger partial charge is 0.480 e. The van der Waals surface area contributed by atoms with Gasteiger partial charge in [0.05, 0.1) is 13.2 Å². The summed E-state index contributed by atoms with van der Waals surface area (Å²) in [6.07, 6.45) is 2.64. The molecule has 0 aromatic carbocycles. The molecule has 1 saturated heterocycles. The second-order valence-corrected chi connectivity index (χ2v) is 3.84. The van der Waals surface area contributed by atoms with Gasteiger partial charge in [0.2, 0.25) is 5.88 Å². The third-order valence-corrected chi connectivity index (χ3v) is 2.90. The van der Waals surface area contributed by atoms with E-state index >= 15 is 0 Å². The van der Waals surface area contributed by atoms with E-state index in [0.717, 1.165) is 12.8 Å². The predicted molar refractivity (Wildman–Crippen MR) is 56.6 cm³/mol. The molecule has 1 N–H and O–H groups in total. The molecule has 0 saturated carbocycles. The van der Waals surface area contributed by atoms with Gasteiger partial charge in [0.15, 0.2) is 0 Å².